The summed E-state index contributed by atoms with van der Waals surface area (Å²) in [6.45, 7) is 2.83. The van der Waals surface area contributed by atoms with E-state index in [4.69, 9.17) is 4.52 Å². The molecule has 1 aromatic carbocycles. The van der Waals surface area contributed by atoms with Crippen LogP contribution in [0.5, 0.6) is 0 Å². The third-order valence-corrected chi connectivity index (χ3v) is 4.79. The maximum atomic E-state index is 12.3. The van der Waals surface area contributed by atoms with Gasteiger partial charge in [0.05, 0.1) is 17.1 Å². The van der Waals surface area contributed by atoms with Crippen LogP contribution < -0.4 is 10.6 Å². The molecular weight excluding hydrogens is 314 g/mol. The Kier molecular flexibility index (Phi) is 6.09. The first-order valence-electron chi connectivity index (χ1n) is 9.25. The molecule has 5 nitrogen and oxygen atoms in total. The molecule has 0 aliphatic heterocycles. The number of benzene rings is 1. The van der Waals surface area contributed by atoms with Gasteiger partial charge in [-0.1, -0.05) is 36.6 Å². The van der Waals surface area contributed by atoms with Gasteiger partial charge in [-0.25, -0.2) is 0 Å². The van der Waals surface area contributed by atoms with E-state index in [1.165, 1.54) is 32.1 Å². The van der Waals surface area contributed by atoms with Crippen molar-refractivity contribution >= 4 is 17.3 Å². The van der Waals surface area contributed by atoms with Gasteiger partial charge in [-0.3, -0.25) is 4.79 Å². The van der Waals surface area contributed by atoms with Crippen molar-refractivity contribution in [3.8, 4) is 0 Å². The maximum Gasteiger partial charge on any atom is 0.224 e. The molecule has 25 heavy (non-hydrogen) atoms. The van der Waals surface area contributed by atoms with E-state index in [2.05, 4.69) is 15.8 Å². The number of para-hydroxylation sites is 2. The Bertz CT molecular complexity index is 690. The normalized spacial score (nSPS) is 15.1. The highest BCUT2D eigenvalue weighted by Crippen LogP contribution is 2.26. The molecule has 1 amide bonds. The Hall–Kier alpha value is -2.30. The predicted molar refractivity (Wildman–Crippen MR) is 99.7 cm³/mol. The molecule has 1 aromatic heterocycles. The van der Waals surface area contributed by atoms with Gasteiger partial charge in [0.2, 0.25) is 5.91 Å². The monoisotopic (exact) mass is 341 g/mol. The lowest BCUT2D eigenvalue weighted by molar-refractivity contribution is -0.116. The first kappa shape index (κ1) is 17.5. The summed E-state index contributed by atoms with van der Waals surface area (Å²) in [6, 6.07) is 9.78. The summed E-state index contributed by atoms with van der Waals surface area (Å²) in [7, 11) is 0. The number of carbonyl (C=O) groups excluding carboxylic acids is 1. The highest BCUT2D eigenvalue weighted by molar-refractivity contribution is 5.94. The summed E-state index contributed by atoms with van der Waals surface area (Å²) < 4.78 is 5.03. The number of aromatic nitrogens is 1. The minimum absolute atomic E-state index is 0.00688. The fourth-order valence-electron chi connectivity index (χ4n) is 3.38. The number of rotatable bonds is 7. The first-order valence-corrected chi connectivity index (χ1v) is 9.25. The highest BCUT2D eigenvalue weighted by Gasteiger charge is 2.14. The molecule has 0 bridgehead atoms. The quantitative estimate of drug-likeness (QED) is 0.775. The van der Waals surface area contributed by atoms with Crippen LogP contribution in [0.2, 0.25) is 0 Å². The number of nitrogens with one attached hydrogen (secondary N) is 2. The Labute approximate surface area is 149 Å². The Morgan fingerprint density at radius 1 is 1.20 bits per heavy atom. The second-order valence-corrected chi connectivity index (χ2v) is 6.91. The smallest absolute Gasteiger partial charge is 0.224 e. The molecule has 1 aliphatic rings. The van der Waals surface area contributed by atoms with Gasteiger partial charge in [-0.05, 0) is 37.8 Å². The predicted octanol–water partition coefficient (Wildman–Crippen LogP) is 4.55. The molecule has 134 valence electrons. The van der Waals surface area contributed by atoms with Crippen LogP contribution in [0.1, 0.15) is 50.0 Å². The number of anilines is 2. The molecule has 0 spiro atoms. The lowest BCUT2D eigenvalue weighted by atomic mass is 9.89. The van der Waals surface area contributed by atoms with Gasteiger partial charge >= 0.3 is 0 Å². The summed E-state index contributed by atoms with van der Waals surface area (Å²) in [6.07, 6.45) is 7.63. The van der Waals surface area contributed by atoms with Crippen LogP contribution in [0.15, 0.2) is 34.9 Å². The number of amides is 1. The lowest BCUT2D eigenvalue weighted by Crippen LogP contribution is -2.19. The van der Waals surface area contributed by atoms with Crippen LogP contribution in [0.25, 0.3) is 0 Å². The van der Waals surface area contributed by atoms with E-state index in [9.17, 15) is 4.79 Å². The molecule has 0 saturated heterocycles. The van der Waals surface area contributed by atoms with Crippen molar-refractivity contribution in [1.29, 1.82) is 0 Å². The Morgan fingerprint density at radius 3 is 2.68 bits per heavy atom. The first-order chi connectivity index (χ1) is 12.2. The Balaban J connectivity index is 1.51. The number of aryl methyl sites for hydroxylation is 2. The van der Waals surface area contributed by atoms with E-state index in [0.717, 1.165) is 35.3 Å². The summed E-state index contributed by atoms with van der Waals surface area (Å²) in [5, 5.41) is 10.5. The lowest BCUT2D eigenvalue weighted by Gasteiger charge is -2.23. The van der Waals surface area contributed by atoms with Crippen molar-refractivity contribution in [1.82, 2.24) is 5.16 Å². The van der Waals surface area contributed by atoms with Crippen molar-refractivity contribution in [2.24, 2.45) is 5.92 Å². The van der Waals surface area contributed by atoms with E-state index in [-0.39, 0.29) is 5.91 Å². The van der Waals surface area contributed by atoms with Crippen LogP contribution in [-0.4, -0.2) is 17.6 Å². The number of hydrogen-bond donors (Lipinski definition) is 2. The van der Waals surface area contributed by atoms with Crippen molar-refractivity contribution in [3.05, 3.63) is 41.8 Å². The number of carbonyl (C=O) groups is 1. The summed E-state index contributed by atoms with van der Waals surface area (Å²) in [5.74, 6) is 1.51. The molecule has 0 atom stereocenters. The van der Waals surface area contributed by atoms with E-state index in [0.29, 0.717) is 12.8 Å². The van der Waals surface area contributed by atoms with Gasteiger partial charge < -0.3 is 15.2 Å². The van der Waals surface area contributed by atoms with E-state index in [1.54, 1.807) is 0 Å². The Morgan fingerprint density at radius 2 is 1.96 bits per heavy atom. The number of nitrogens with zero attached hydrogens (tertiary/aromatic N) is 1. The topological polar surface area (TPSA) is 67.2 Å². The average Bonchev–Trinajstić information content (AvgIpc) is 3.05. The molecule has 1 fully saturated rings. The van der Waals surface area contributed by atoms with Crippen molar-refractivity contribution in [2.75, 3.05) is 17.2 Å². The average molecular weight is 341 g/mol. The molecule has 1 aliphatic carbocycles. The molecule has 2 aromatic rings. The van der Waals surface area contributed by atoms with Crippen LogP contribution in [0.3, 0.4) is 0 Å². The minimum Gasteiger partial charge on any atom is -0.383 e. The second-order valence-electron chi connectivity index (χ2n) is 6.91. The van der Waals surface area contributed by atoms with Crippen LogP contribution in [-0.2, 0) is 11.2 Å². The van der Waals surface area contributed by atoms with Gasteiger partial charge in [-0.15, -0.1) is 0 Å². The standard InChI is InChI=1S/C20H27N3O2/c1-15-13-17(23-25-15)11-12-20(24)22-19-10-6-5-9-18(19)21-14-16-7-3-2-4-8-16/h5-6,9-10,13,16,21H,2-4,7-8,11-12,14H2,1H3,(H,22,24). The van der Waals surface area contributed by atoms with Gasteiger partial charge in [0, 0.05) is 25.5 Å². The maximum absolute atomic E-state index is 12.3. The SMILES string of the molecule is Cc1cc(CCC(=O)Nc2ccccc2NCC2CCCCC2)no1. The zero-order valence-electron chi connectivity index (χ0n) is 14.9. The third-order valence-electron chi connectivity index (χ3n) is 4.79. The van der Waals surface area contributed by atoms with Crippen molar-refractivity contribution in [2.45, 2.75) is 51.9 Å². The van der Waals surface area contributed by atoms with Crippen LogP contribution in [0, 0.1) is 12.8 Å². The summed E-state index contributed by atoms with van der Waals surface area (Å²) in [4.78, 5) is 12.3. The van der Waals surface area contributed by atoms with Crippen LogP contribution >= 0.6 is 0 Å². The molecule has 0 radical (unpaired) electrons. The van der Waals surface area contributed by atoms with E-state index in [1.807, 2.05) is 37.3 Å². The molecule has 1 saturated carbocycles. The molecule has 1 heterocycles. The molecule has 3 rings (SSSR count). The zero-order chi connectivity index (χ0) is 17.5. The number of hydrogen-bond acceptors (Lipinski definition) is 4. The van der Waals surface area contributed by atoms with Crippen molar-refractivity contribution < 1.29 is 9.32 Å². The fraction of sp³-hybridized carbons (Fsp3) is 0.500. The molecule has 0 unspecified atom stereocenters. The molecular formula is C20H27N3O2. The zero-order valence-corrected chi connectivity index (χ0v) is 14.9. The fourth-order valence-corrected chi connectivity index (χ4v) is 3.38. The third kappa shape index (κ3) is 5.34. The van der Waals surface area contributed by atoms with E-state index >= 15 is 0 Å². The van der Waals surface area contributed by atoms with Crippen molar-refractivity contribution in [3.63, 3.8) is 0 Å². The van der Waals surface area contributed by atoms with Gasteiger partial charge in [0.25, 0.3) is 0 Å². The van der Waals surface area contributed by atoms with Crippen LogP contribution in [0.4, 0.5) is 11.4 Å². The molecule has 2 N–H and O–H groups in total. The second kappa shape index (κ2) is 8.70. The highest BCUT2D eigenvalue weighted by atomic mass is 16.5. The van der Waals surface area contributed by atoms with Gasteiger partial charge in [0.1, 0.15) is 5.76 Å². The van der Waals surface area contributed by atoms with E-state index < -0.39 is 0 Å². The minimum atomic E-state index is -0.00688. The largest absolute Gasteiger partial charge is 0.383 e. The van der Waals surface area contributed by atoms with Gasteiger partial charge in [-0.2, -0.15) is 0 Å². The van der Waals surface area contributed by atoms with Gasteiger partial charge in [0.15, 0.2) is 0 Å². The summed E-state index contributed by atoms with van der Waals surface area (Å²) in [5.41, 5.74) is 2.66. The molecule has 5 heteroatoms. The summed E-state index contributed by atoms with van der Waals surface area (Å²) >= 11 is 0.